The highest BCUT2D eigenvalue weighted by Gasteiger charge is 2.44. The van der Waals surface area contributed by atoms with E-state index in [4.69, 9.17) is 21.1 Å². The first-order valence-corrected chi connectivity index (χ1v) is 7.48. The lowest BCUT2D eigenvalue weighted by atomic mass is 9.79. The number of hydrogen-bond acceptors (Lipinski definition) is 4. The van der Waals surface area contributed by atoms with Crippen molar-refractivity contribution >= 4 is 28.9 Å². The fourth-order valence-electron chi connectivity index (χ4n) is 2.25. The monoisotopic (exact) mass is 288 g/mol. The molecular formula is C13H17ClO3S. The van der Waals surface area contributed by atoms with Crippen molar-refractivity contribution in [2.45, 2.75) is 31.1 Å². The molecular weight excluding hydrogens is 272 g/mol. The largest absolute Gasteiger partial charge is 0.465 e. The number of esters is 1. The van der Waals surface area contributed by atoms with Crippen LogP contribution in [-0.2, 0) is 25.6 Å². The van der Waals surface area contributed by atoms with Crippen LogP contribution in [0, 0.1) is 0 Å². The van der Waals surface area contributed by atoms with E-state index in [-0.39, 0.29) is 5.97 Å². The molecule has 1 aromatic heterocycles. The number of alkyl halides is 1. The minimum absolute atomic E-state index is 0.128. The molecule has 0 unspecified atom stereocenters. The molecule has 0 aromatic carbocycles. The lowest BCUT2D eigenvalue weighted by molar-refractivity contribution is -0.154. The molecule has 0 spiro atoms. The maximum atomic E-state index is 12.3. The van der Waals surface area contributed by atoms with Crippen LogP contribution in [0.5, 0.6) is 0 Å². The summed E-state index contributed by atoms with van der Waals surface area (Å²) in [5.74, 6) is 0.358. The first-order valence-electron chi connectivity index (χ1n) is 6.13. The predicted octanol–water partition coefficient (Wildman–Crippen LogP) is 3.10. The second-order valence-corrected chi connectivity index (χ2v) is 5.75. The molecule has 3 nitrogen and oxygen atoms in total. The topological polar surface area (TPSA) is 35.5 Å². The van der Waals surface area contributed by atoms with Gasteiger partial charge in [-0.05, 0) is 31.9 Å². The molecule has 100 valence electrons. The van der Waals surface area contributed by atoms with Crippen molar-refractivity contribution in [2.75, 3.05) is 19.8 Å². The number of thiophene rings is 1. The molecule has 0 radical (unpaired) electrons. The van der Waals surface area contributed by atoms with Crippen LogP contribution >= 0.6 is 22.9 Å². The lowest BCUT2D eigenvalue weighted by Crippen LogP contribution is -2.42. The van der Waals surface area contributed by atoms with Gasteiger partial charge in [-0.2, -0.15) is 0 Å². The third-order valence-corrected chi connectivity index (χ3v) is 5.01. The molecule has 5 heteroatoms. The third kappa shape index (κ3) is 2.56. The van der Waals surface area contributed by atoms with Gasteiger partial charge in [0.05, 0.1) is 12.5 Å². The van der Waals surface area contributed by atoms with Crippen LogP contribution in [0.15, 0.2) is 12.1 Å². The van der Waals surface area contributed by atoms with Gasteiger partial charge >= 0.3 is 5.97 Å². The van der Waals surface area contributed by atoms with Crippen molar-refractivity contribution < 1.29 is 14.3 Å². The van der Waals surface area contributed by atoms with Gasteiger partial charge in [0.25, 0.3) is 0 Å². The van der Waals surface area contributed by atoms with Gasteiger partial charge in [-0.1, -0.05) is 0 Å². The minimum Gasteiger partial charge on any atom is -0.465 e. The highest BCUT2D eigenvalue weighted by atomic mass is 35.5. The molecule has 2 heterocycles. The average molecular weight is 289 g/mol. The summed E-state index contributed by atoms with van der Waals surface area (Å²) in [7, 11) is 0. The summed E-state index contributed by atoms with van der Waals surface area (Å²) in [6.45, 7) is 3.46. The van der Waals surface area contributed by atoms with Crippen LogP contribution in [0.25, 0.3) is 0 Å². The Bertz CT molecular complexity index is 410. The Kier molecular flexibility index (Phi) is 4.65. The van der Waals surface area contributed by atoms with E-state index in [1.807, 2.05) is 19.1 Å². The van der Waals surface area contributed by atoms with E-state index in [0.29, 0.717) is 38.5 Å². The summed E-state index contributed by atoms with van der Waals surface area (Å²) in [5, 5.41) is 0. The van der Waals surface area contributed by atoms with Gasteiger partial charge in [0, 0.05) is 23.0 Å². The molecule has 1 aliphatic heterocycles. The highest BCUT2D eigenvalue weighted by molar-refractivity contribution is 7.12. The minimum atomic E-state index is -0.525. The fourth-order valence-corrected chi connectivity index (χ4v) is 3.59. The highest BCUT2D eigenvalue weighted by Crippen LogP contribution is 2.40. The molecule has 1 fully saturated rings. The molecule has 0 N–H and O–H groups in total. The Morgan fingerprint density at radius 2 is 2.22 bits per heavy atom. The van der Waals surface area contributed by atoms with Crippen LogP contribution < -0.4 is 0 Å². The molecule has 18 heavy (non-hydrogen) atoms. The van der Waals surface area contributed by atoms with Gasteiger partial charge in [0.15, 0.2) is 0 Å². The third-order valence-electron chi connectivity index (χ3n) is 3.28. The predicted molar refractivity (Wildman–Crippen MR) is 72.2 cm³/mol. The second-order valence-electron chi connectivity index (χ2n) is 4.31. The lowest BCUT2D eigenvalue weighted by Gasteiger charge is -2.33. The van der Waals surface area contributed by atoms with E-state index in [9.17, 15) is 4.79 Å². The van der Waals surface area contributed by atoms with Gasteiger partial charge < -0.3 is 9.47 Å². The summed E-state index contributed by atoms with van der Waals surface area (Å²) in [4.78, 5) is 14.5. The molecule has 1 saturated heterocycles. The maximum absolute atomic E-state index is 12.3. The SMILES string of the molecule is CCOC(=O)C1(c2ccc(CCl)s2)CCOCC1. The van der Waals surface area contributed by atoms with Gasteiger partial charge in [0.2, 0.25) is 0 Å². The van der Waals surface area contributed by atoms with Crippen molar-refractivity contribution in [1.29, 1.82) is 0 Å². The smallest absolute Gasteiger partial charge is 0.317 e. The first kappa shape index (κ1) is 13.8. The van der Waals surface area contributed by atoms with Crippen LogP contribution in [0.1, 0.15) is 29.5 Å². The molecule has 1 aliphatic rings. The van der Waals surface area contributed by atoms with Crippen LogP contribution in [-0.4, -0.2) is 25.8 Å². The van der Waals surface area contributed by atoms with E-state index in [1.165, 1.54) is 0 Å². The van der Waals surface area contributed by atoms with E-state index < -0.39 is 5.41 Å². The summed E-state index contributed by atoms with van der Waals surface area (Å²) in [6.07, 6.45) is 1.38. The van der Waals surface area contributed by atoms with Crippen molar-refractivity contribution in [2.24, 2.45) is 0 Å². The van der Waals surface area contributed by atoms with Crippen molar-refractivity contribution in [3.63, 3.8) is 0 Å². The van der Waals surface area contributed by atoms with Crippen LogP contribution in [0.2, 0.25) is 0 Å². The number of rotatable bonds is 4. The second kappa shape index (κ2) is 6.04. The van der Waals surface area contributed by atoms with Gasteiger partial charge in [0.1, 0.15) is 5.41 Å². The first-order chi connectivity index (χ1) is 8.73. The number of ether oxygens (including phenoxy) is 2. The molecule has 1 aromatic rings. The van der Waals surface area contributed by atoms with Gasteiger partial charge in [-0.15, -0.1) is 22.9 Å². The summed E-state index contributed by atoms with van der Waals surface area (Å²) < 4.78 is 10.6. The molecule has 0 saturated carbocycles. The summed E-state index contributed by atoms with van der Waals surface area (Å²) >= 11 is 7.44. The quantitative estimate of drug-likeness (QED) is 0.631. The summed E-state index contributed by atoms with van der Waals surface area (Å²) in [6, 6.07) is 3.99. The Hall–Kier alpha value is -0.580. The molecule has 0 atom stereocenters. The number of carbonyl (C=O) groups excluding carboxylic acids is 1. The van der Waals surface area contributed by atoms with Crippen LogP contribution in [0.4, 0.5) is 0 Å². The van der Waals surface area contributed by atoms with Crippen molar-refractivity contribution in [3.05, 3.63) is 21.9 Å². The molecule has 2 rings (SSSR count). The Morgan fingerprint density at radius 1 is 1.50 bits per heavy atom. The molecule has 0 amide bonds. The van der Waals surface area contributed by atoms with Crippen molar-refractivity contribution in [1.82, 2.24) is 0 Å². The summed E-state index contributed by atoms with van der Waals surface area (Å²) in [5.41, 5.74) is -0.525. The molecule has 0 bridgehead atoms. The number of hydrogen-bond donors (Lipinski definition) is 0. The van der Waals surface area contributed by atoms with Gasteiger partial charge in [-0.25, -0.2) is 0 Å². The Balaban J connectivity index is 2.31. The fraction of sp³-hybridized carbons (Fsp3) is 0.615. The Morgan fingerprint density at radius 3 is 2.78 bits per heavy atom. The van der Waals surface area contributed by atoms with Crippen molar-refractivity contribution in [3.8, 4) is 0 Å². The number of halogens is 1. The zero-order valence-electron chi connectivity index (χ0n) is 10.4. The maximum Gasteiger partial charge on any atom is 0.317 e. The Labute approximate surface area is 116 Å². The number of carbonyl (C=O) groups is 1. The van der Waals surface area contributed by atoms with E-state index >= 15 is 0 Å². The zero-order chi connectivity index (χ0) is 13.0. The normalized spacial score (nSPS) is 18.6. The molecule has 0 aliphatic carbocycles. The van der Waals surface area contributed by atoms with E-state index in [0.717, 1.165) is 9.75 Å². The standard InChI is InChI=1S/C13H17ClO3S/c1-2-17-12(15)13(5-7-16-8-6-13)11-4-3-10(9-14)18-11/h3-4H,2,5-9H2,1H3. The average Bonchev–Trinajstić information content (AvgIpc) is 2.89. The van der Waals surface area contributed by atoms with Crippen LogP contribution in [0.3, 0.4) is 0 Å². The van der Waals surface area contributed by atoms with E-state index in [2.05, 4.69) is 0 Å². The van der Waals surface area contributed by atoms with Gasteiger partial charge in [-0.3, -0.25) is 4.79 Å². The van der Waals surface area contributed by atoms with E-state index in [1.54, 1.807) is 11.3 Å². The zero-order valence-corrected chi connectivity index (χ0v) is 12.0.